The Morgan fingerprint density at radius 1 is 1.05 bits per heavy atom. The summed E-state index contributed by atoms with van der Waals surface area (Å²) in [7, 11) is 0. The Morgan fingerprint density at radius 2 is 1.79 bits per heavy atom. The lowest BCUT2D eigenvalue weighted by atomic mass is 10.1. The summed E-state index contributed by atoms with van der Waals surface area (Å²) in [4.78, 5) is 0. The summed E-state index contributed by atoms with van der Waals surface area (Å²) in [5.74, 6) is 1.69. The molecule has 0 heterocycles. The molecule has 0 saturated heterocycles. The maximum Gasteiger partial charge on any atom is 0.130 e. The third kappa shape index (κ3) is 3.49. The van der Waals surface area contributed by atoms with Gasteiger partial charge in [-0.1, -0.05) is 29.3 Å². The molecule has 3 heteroatoms. The maximum absolute atomic E-state index is 6.01. The molecule has 0 aromatic heterocycles. The topological polar surface area (TPSA) is 35.2 Å². The predicted octanol–water partition coefficient (Wildman–Crippen LogP) is 4.25. The molecule has 2 rings (SSSR count). The van der Waals surface area contributed by atoms with Gasteiger partial charge in [-0.25, -0.2) is 0 Å². The zero-order valence-corrected chi connectivity index (χ0v) is 12.0. The van der Waals surface area contributed by atoms with Gasteiger partial charge in [0.1, 0.15) is 11.5 Å². The number of benzene rings is 2. The van der Waals surface area contributed by atoms with Crippen LogP contribution in [0.15, 0.2) is 36.4 Å². The van der Waals surface area contributed by atoms with Crippen LogP contribution in [0.25, 0.3) is 0 Å². The average Bonchev–Trinajstić information content (AvgIpc) is 2.36. The molecule has 2 N–H and O–H groups in total. The van der Waals surface area contributed by atoms with Gasteiger partial charge in [0.15, 0.2) is 0 Å². The maximum atomic E-state index is 6.01. The highest BCUT2D eigenvalue weighted by molar-refractivity contribution is 6.30. The van der Waals surface area contributed by atoms with Crippen LogP contribution in [0, 0.1) is 13.8 Å². The summed E-state index contributed by atoms with van der Waals surface area (Å²) < 4.78 is 5.99. The van der Waals surface area contributed by atoms with Gasteiger partial charge in [0.25, 0.3) is 0 Å². The molecule has 0 aliphatic rings. The molecule has 0 amide bonds. The summed E-state index contributed by atoms with van der Waals surface area (Å²) in [6.45, 7) is 4.68. The van der Waals surface area contributed by atoms with E-state index in [1.54, 1.807) is 0 Å². The first-order valence-electron chi connectivity index (χ1n) is 6.34. The number of hydrogen-bond donors (Lipinski definition) is 1. The van der Waals surface area contributed by atoms with Gasteiger partial charge >= 0.3 is 0 Å². The van der Waals surface area contributed by atoms with E-state index >= 15 is 0 Å². The predicted molar refractivity (Wildman–Crippen MR) is 80.2 cm³/mol. The Bertz CT molecular complexity index is 581. The third-order valence-electron chi connectivity index (χ3n) is 2.99. The molecule has 2 aromatic carbocycles. The molecule has 0 atom stereocenters. The van der Waals surface area contributed by atoms with E-state index in [-0.39, 0.29) is 0 Å². The van der Waals surface area contributed by atoms with Crippen molar-refractivity contribution in [2.75, 3.05) is 6.54 Å². The smallest absolute Gasteiger partial charge is 0.130 e. The van der Waals surface area contributed by atoms with Crippen LogP contribution in [-0.2, 0) is 6.42 Å². The van der Waals surface area contributed by atoms with E-state index in [0.717, 1.165) is 29.0 Å². The molecule has 0 fully saturated rings. The first kappa shape index (κ1) is 13.9. The number of halogens is 1. The second-order valence-electron chi connectivity index (χ2n) is 4.66. The van der Waals surface area contributed by atoms with E-state index in [4.69, 9.17) is 22.1 Å². The second-order valence-corrected chi connectivity index (χ2v) is 5.10. The summed E-state index contributed by atoms with van der Waals surface area (Å²) in [5, 5.41) is 0.705. The minimum atomic E-state index is 0.573. The molecular weight excluding hydrogens is 258 g/mol. The summed E-state index contributed by atoms with van der Waals surface area (Å²) in [5.41, 5.74) is 9.01. The SMILES string of the molecule is Cc1ccc(Oc2ccc(Cl)cc2CCN)c(C)c1. The fraction of sp³-hybridized carbons (Fsp3) is 0.250. The molecule has 0 saturated carbocycles. The molecule has 0 unspecified atom stereocenters. The third-order valence-corrected chi connectivity index (χ3v) is 3.22. The van der Waals surface area contributed by atoms with Crippen molar-refractivity contribution in [2.45, 2.75) is 20.3 Å². The molecule has 2 aromatic rings. The van der Waals surface area contributed by atoms with Crippen molar-refractivity contribution in [3.63, 3.8) is 0 Å². The number of nitrogens with two attached hydrogens (primary N) is 1. The fourth-order valence-electron chi connectivity index (χ4n) is 2.03. The van der Waals surface area contributed by atoms with E-state index in [1.807, 2.05) is 37.3 Å². The first-order valence-corrected chi connectivity index (χ1v) is 6.71. The van der Waals surface area contributed by atoms with E-state index in [0.29, 0.717) is 11.6 Å². The Labute approximate surface area is 119 Å². The Kier molecular flexibility index (Phi) is 4.46. The second kappa shape index (κ2) is 6.09. The average molecular weight is 276 g/mol. The van der Waals surface area contributed by atoms with Gasteiger partial charge in [0, 0.05) is 5.02 Å². The van der Waals surface area contributed by atoms with Crippen molar-refractivity contribution in [2.24, 2.45) is 5.73 Å². The normalized spacial score (nSPS) is 10.5. The van der Waals surface area contributed by atoms with Gasteiger partial charge in [0.2, 0.25) is 0 Å². The monoisotopic (exact) mass is 275 g/mol. The van der Waals surface area contributed by atoms with Crippen LogP contribution in [0.1, 0.15) is 16.7 Å². The summed E-state index contributed by atoms with van der Waals surface area (Å²) in [6.07, 6.45) is 0.751. The van der Waals surface area contributed by atoms with E-state index < -0.39 is 0 Å². The highest BCUT2D eigenvalue weighted by atomic mass is 35.5. The van der Waals surface area contributed by atoms with Crippen molar-refractivity contribution >= 4 is 11.6 Å². The first-order chi connectivity index (χ1) is 9.10. The van der Waals surface area contributed by atoms with Gasteiger partial charge in [-0.3, -0.25) is 0 Å². The van der Waals surface area contributed by atoms with Gasteiger partial charge in [-0.2, -0.15) is 0 Å². The molecule has 0 bridgehead atoms. The van der Waals surface area contributed by atoms with Crippen LogP contribution >= 0.6 is 11.6 Å². The Balaban J connectivity index is 2.32. The molecule has 0 spiro atoms. The molecule has 100 valence electrons. The standard InChI is InChI=1S/C16H18ClNO/c1-11-3-5-15(12(2)9-11)19-16-6-4-14(17)10-13(16)7-8-18/h3-6,9-10H,7-8,18H2,1-2H3. The van der Waals surface area contributed by atoms with Crippen LogP contribution in [0.5, 0.6) is 11.5 Å². The lowest BCUT2D eigenvalue weighted by molar-refractivity contribution is 0.472. The largest absolute Gasteiger partial charge is 0.457 e. The molecular formula is C16H18ClNO. The van der Waals surface area contributed by atoms with Gasteiger partial charge in [-0.15, -0.1) is 0 Å². The molecule has 0 aliphatic carbocycles. The molecule has 19 heavy (non-hydrogen) atoms. The molecule has 0 radical (unpaired) electrons. The van der Waals surface area contributed by atoms with Crippen molar-refractivity contribution in [3.05, 3.63) is 58.1 Å². The number of rotatable bonds is 4. The lowest BCUT2D eigenvalue weighted by Gasteiger charge is -2.13. The number of ether oxygens (including phenoxy) is 1. The molecule has 2 nitrogen and oxygen atoms in total. The Morgan fingerprint density at radius 3 is 2.47 bits per heavy atom. The van der Waals surface area contributed by atoms with Crippen molar-refractivity contribution < 1.29 is 4.74 Å². The van der Waals surface area contributed by atoms with Gasteiger partial charge < -0.3 is 10.5 Å². The number of aryl methyl sites for hydroxylation is 2. The Hall–Kier alpha value is -1.51. The minimum absolute atomic E-state index is 0.573. The number of hydrogen-bond acceptors (Lipinski definition) is 2. The van der Waals surface area contributed by atoms with Crippen molar-refractivity contribution in [1.82, 2.24) is 0 Å². The highest BCUT2D eigenvalue weighted by Crippen LogP contribution is 2.30. The van der Waals surface area contributed by atoms with Crippen LogP contribution < -0.4 is 10.5 Å². The lowest BCUT2D eigenvalue weighted by Crippen LogP contribution is -2.04. The van der Waals surface area contributed by atoms with Crippen LogP contribution in [-0.4, -0.2) is 6.54 Å². The zero-order valence-electron chi connectivity index (χ0n) is 11.2. The minimum Gasteiger partial charge on any atom is -0.457 e. The van der Waals surface area contributed by atoms with Crippen molar-refractivity contribution in [3.8, 4) is 11.5 Å². The van der Waals surface area contributed by atoms with Crippen molar-refractivity contribution in [1.29, 1.82) is 0 Å². The van der Waals surface area contributed by atoms with Crippen LogP contribution in [0.2, 0.25) is 5.02 Å². The summed E-state index contributed by atoms with van der Waals surface area (Å²) >= 11 is 6.01. The van der Waals surface area contributed by atoms with Crippen LogP contribution in [0.4, 0.5) is 0 Å². The van der Waals surface area contributed by atoms with E-state index in [2.05, 4.69) is 13.0 Å². The van der Waals surface area contributed by atoms with E-state index in [9.17, 15) is 0 Å². The fourth-order valence-corrected chi connectivity index (χ4v) is 2.23. The highest BCUT2D eigenvalue weighted by Gasteiger charge is 2.07. The van der Waals surface area contributed by atoms with Gasteiger partial charge in [-0.05, 0) is 62.2 Å². The quantitative estimate of drug-likeness (QED) is 0.905. The van der Waals surface area contributed by atoms with Crippen LogP contribution in [0.3, 0.4) is 0 Å². The van der Waals surface area contributed by atoms with E-state index in [1.165, 1.54) is 5.56 Å². The molecule has 0 aliphatic heterocycles. The summed E-state index contributed by atoms with van der Waals surface area (Å²) in [6, 6.07) is 11.8. The zero-order chi connectivity index (χ0) is 13.8. The van der Waals surface area contributed by atoms with Gasteiger partial charge in [0.05, 0.1) is 0 Å².